The molecule has 0 unspecified atom stereocenters. The van der Waals surface area contributed by atoms with E-state index < -0.39 is 35.7 Å². The number of amidine groups is 1. The number of nitrogens with zero attached hydrogens (tertiary/aromatic N) is 2. The summed E-state index contributed by atoms with van der Waals surface area (Å²) < 4.78 is 63.7. The molecule has 0 aliphatic carbocycles. The first-order chi connectivity index (χ1) is 11.9. The lowest BCUT2D eigenvalue weighted by Gasteiger charge is -2.11. The van der Waals surface area contributed by atoms with Crippen molar-refractivity contribution in [1.82, 2.24) is 5.32 Å². The first-order valence-corrected chi connectivity index (χ1v) is 9.38. The van der Waals surface area contributed by atoms with E-state index in [2.05, 4.69) is 33.1 Å². The average Bonchev–Trinajstić information content (AvgIpc) is 2.50. The van der Waals surface area contributed by atoms with Gasteiger partial charge in [0, 0.05) is 7.05 Å². The second kappa shape index (κ2) is 7.97. The Morgan fingerprint density at radius 3 is 2.27 bits per heavy atom. The summed E-state index contributed by atoms with van der Waals surface area (Å²) in [6.07, 6.45) is 5.28. The average molecular weight is 401 g/mol. The molecule has 0 bridgehead atoms. The van der Waals surface area contributed by atoms with Crippen molar-refractivity contribution in [2.75, 3.05) is 12.4 Å². The summed E-state index contributed by atoms with van der Waals surface area (Å²) in [5.41, 5.74) is 4.87. The van der Waals surface area contributed by atoms with Crippen molar-refractivity contribution in [3.05, 3.63) is 30.6 Å². The number of rotatable bonds is 4. The molecule has 0 aliphatic rings. The third-order valence-electron chi connectivity index (χ3n) is 2.61. The molecule has 0 aromatic heterocycles. The van der Waals surface area contributed by atoms with Gasteiger partial charge in [0.25, 0.3) is 20.2 Å². The molecule has 1 aromatic carbocycles. The molecule has 140 valence electrons. The standard InChI is InChI=1S/C13H15N5O6S2/c1-4-12(18-13(15-3)16-8(2)14)17-10-7-9(25(19,20)21)5-6-11(10)26(22,23)24/h1,5-7H,2,14H2,3H3,(H,19,20,21)(H,22,23,24)(H2,15,16,17,18). The molecule has 0 heterocycles. The number of nitrogens with two attached hydrogens (primary N) is 1. The number of nitrogens with one attached hydrogen (secondary N) is 2. The van der Waals surface area contributed by atoms with Crippen LogP contribution in [0.2, 0.25) is 0 Å². The number of terminal acetylenes is 1. The Morgan fingerprint density at radius 1 is 1.23 bits per heavy atom. The third kappa shape index (κ3) is 5.86. The zero-order valence-electron chi connectivity index (χ0n) is 13.3. The van der Waals surface area contributed by atoms with Crippen LogP contribution in [0.15, 0.2) is 50.4 Å². The predicted octanol–water partition coefficient (Wildman–Crippen LogP) is -0.371. The number of guanidine groups is 1. The highest BCUT2D eigenvalue weighted by Gasteiger charge is 2.20. The summed E-state index contributed by atoms with van der Waals surface area (Å²) in [6, 6.07) is 2.31. The van der Waals surface area contributed by atoms with Gasteiger partial charge in [-0.3, -0.25) is 9.11 Å². The maximum atomic E-state index is 11.5. The molecular formula is C13H15N5O6S2. The van der Waals surface area contributed by atoms with Gasteiger partial charge in [-0.2, -0.15) is 26.8 Å². The lowest BCUT2D eigenvalue weighted by atomic mass is 10.3. The van der Waals surface area contributed by atoms with Gasteiger partial charge in [0.2, 0.25) is 5.96 Å². The molecule has 1 rings (SSSR count). The smallest absolute Gasteiger partial charge is 0.296 e. The summed E-state index contributed by atoms with van der Waals surface area (Å²) in [7, 11) is -7.94. The molecule has 0 amide bonds. The largest absolute Gasteiger partial charge is 0.384 e. The molecule has 0 saturated carbocycles. The van der Waals surface area contributed by atoms with Crippen LogP contribution in [-0.2, 0) is 20.2 Å². The Balaban J connectivity index is 3.53. The van der Waals surface area contributed by atoms with Gasteiger partial charge in [-0.1, -0.05) is 6.58 Å². The molecule has 0 spiro atoms. The summed E-state index contributed by atoms with van der Waals surface area (Å²) in [5.74, 6) is 1.59. The zero-order chi connectivity index (χ0) is 20.1. The number of benzene rings is 1. The summed E-state index contributed by atoms with van der Waals surface area (Å²) in [6.45, 7) is 3.35. The van der Waals surface area contributed by atoms with E-state index in [1.807, 2.05) is 0 Å². The quantitative estimate of drug-likeness (QED) is 0.194. The van der Waals surface area contributed by atoms with Crippen molar-refractivity contribution in [2.45, 2.75) is 9.79 Å². The van der Waals surface area contributed by atoms with E-state index in [-0.39, 0.29) is 17.6 Å². The van der Waals surface area contributed by atoms with Crippen LogP contribution in [0.25, 0.3) is 0 Å². The molecule has 0 radical (unpaired) electrons. The van der Waals surface area contributed by atoms with Crippen LogP contribution < -0.4 is 16.4 Å². The van der Waals surface area contributed by atoms with Crippen LogP contribution >= 0.6 is 0 Å². The fourth-order valence-corrected chi connectivity index (χ4v) is 2.73. The van der Waals surface area contributed by atoms with E-state index in [0.29, 0.717) is 0 Å². The van der Waals surface area contributed by atoms with Crippen molar-refractivity contribution in [2.24, 2.45) is 15.7 Å². The molecule has 0 saturated heterocycles. The van der Waals surface area contributed by atoms with Gasteiger partial charge in [-0.25, -0.2) is 0 Å². The van der Waals surface area contributed by atoms with Crippen LogP contribution in [0.1, 0.15) is 0 Å². The normalized spacial score (nSPS) is 13.0. The molecule has 13 heteroatoms. The van der Waals surface area contributed by atoms with E-state index in [1.165, 1.54) is 7.05 Å². The highest BCUT2D eigenvalue weighted by molar-refractivity contribution is 7.86. The molecule has 1 aromatic rings. The highest BCUT2D eigenvalue weighted by Crippen LogP contribution is 2.25. The minimum absolute atomic E-state index is 0.0858. The first kappa shape index (κ1) is 21.1. The number of anilines is 1. The predicted molar refractivity (Wildman–Crippen MR) is 95.8 cm³/mol. The Kier molecular flexibility index (Phi) is 6.48. The van der Waals surface area contributed by atoms with E-state index >= 15 is 0 Å². The van der Waals surface area contributed by atoms with Crippen molar-refractivity contribution < 1.29 is 25.9 Å². The van der Waals surface area contributed by atoms with Gasteiger partial charge in [-0.15, -0.1) is 6.42 Å². The van der Waals surface area contributed by atoms with Crippen LogP contribution in [-0.4, -0.2) is 44.8 Å². The monoisotopic (exact) mass is 401 g/mol. The number of aliphatic imine (C=N–C) groups is 2. The maximum Gasteiger partial charge on any atom is 0.296 e. The van der Waals surface area contributed by atoms with Gasteiger partial charge in [0.1, 0.15) is 10.7 Å². The van der Waals surface area contributed by atoms with Crippen molar-refractivity contribution in [1.29, 1.82) is 0 Å². The highest BCUT2D eigenvalue weighted by atomic mass is 32.2. The molecule has 6 N–H and O–H groups in total. The Hall–Kier alpha value is -2.92. The van der Waals surface area contributed by atoms with Gasteiger partial charge in [0.15, 0.2) is 5.84 Å². The molecule has 0 fully saturated rings. The van der Waals surface area contributed by atoms with Gasteiger partial charge in [0.05, 0.1) is 10.6 Å². The lowest BCUT2D eigenvalue weighted by molar-refractivity contribution is 0.479. The van der Waals surface area contributed by atoms with Crippen molar-refractivity contribution >= 4 is 37.7 Å². The second-order valence-corrected chi connectivity index (χ2v) is 7.33. The van der Waals surface area contributed by atoms with E-state index in [1.54, 1.807) is 0 Å². The third-order valence-corrected chi connectivity index (χ3v) is 4.37. The lowest BCUT2D eigenvalue weighted by Crippen LogP contribution is -2.22. The minimum Gasteiger partial charge on any atom is -0.384 e. The maximum absolute atomic E-state index is 11.5. The Morgan fingerprint density at radius 2 is 1.85 bits per heavy atom. The van der Waals surface area contributed by atoms with E-state index in [0.717, 1.165) is 18.2 Å². The molecule has 11 nitrogen and oxygen atoms in total. The van der Waals surface area contributed by atoms with Crippen molar-refractivity contribution in [3.63, 3.8) is 0 Å². The van der Waals surface area contributed by atoms with Crippen molar-refractivity contribution in [3.8, 4) is 12.3 Å². The van der Waals surface area contributed by atoms with Crippen LogP contribution in [0, 0.1) is 12.3 Å². The summed E-state index contributed by atoms with van der Waals surface area (Å²) >= 11 is 0. The fraction of sp³-hybridized carbons (Fsp3) is 0.0769. The van der Waals surface area contributed by atoms with Crippen LogP contribution in [0.3, 0.4) is 0 Å². The summed E-state index contributed by atoms with van der Waals surface area (Å²) in [4.78, 5) is 6.22. The zero-order valence-corrected chi connectivity index (χ0v) is 15.0. The number of hydrogen-bond acceptors (Lipinski definition) is 6. The Bertz CT molecular complexity index is 1040. The fourth-order valence-electron chi connectivity index (χ4n) is 1.59. The van der Waals surface area contributed by atoms with Gasteiger partial charge < -0.3 is 16.4 Å². The topological polar surface area (TPSA) is 184 Å². The molecule has 0 aliphatic heterocycles. The molecular weight excluding hydrogens is 386 g/mol. The van der Waals surface area contributed by atoms with Gasteiger partial charge >= 0.3 is 0 Å². The minimum atomic E-state index is -4.75. The number of hydrogen-bond donors (Lipinski definition) is 5. The molecule has 0 atom stereocenters. The van der Waals surface area contributed by atoms with E-state index in [9.17, 15) is 21.4 Å². The molecule has 26 heavy (non-hydrogen) atoms. The second-order valence-electron chi connectivity index (χ2n) is 4.51. The van der Waals surface area contributed by atoms with E-state index in [4.69, 9.17) is 16.7 Å². The van der Waals surface area contributed by atoms with Crippen LogP contribution in [0.5, 0.6) is 0 Å². The first-order valence-electron chi connectivity index (χ1n) is 6.50. The Labute approximate surface area is 150 Å². The SMILES string of the molecule is C#C/C(=N\C(=N/C(=C)N)NC)Nc1cc(S(=O)(=O)O)ccc1S(=O)(=O)O. The van der Waals surface area contributed by atoms with Crippen LogP contribution in [0.4, 0.5) is 5.69 Å². The van der Waals surface area contributed by atoms with Gasteiger partial charge in [-0.05, 0) is 24.1 Å². The summed E-state index contributed by atoms with van der Waals surface area (Å²) in [5, 5.41) is 4.91.